The molecule has 1 heterocycles. The predicted molar refractivity (Wildman–Crippen MR) is 127 cm³/mol. The van der Waals surface area contributed by atoms with Crippen molar-refractivity contribution >= 4 is 17.6 Å². The van der Waals surface area contributed by atoms with Crippen molar-refractivity contribution in [3.8, 4) is 0 Å². The van der Waals surface area contributed by atoms with Gasteiger partial charge in [0.15, 0.2) is 5.96 Å². The Kier molecular flexibility index (Phi) is 8.22. The molecule has 3 rings (SSSR count). The number of hydrogen-bond donors (Lipinski definition) is 2. The molecular weight excluding hydrogens is 407 g/mol. The van der Waals surface area contributed by atoms with Crippen molar-refractivity contribution < 1.29 is 14.3 Å². The summed E-state index contributed by atoms with van der Waals surface area (Å²) in [5.74, 6) is 0.131. The standard InChI is InChI=1S/C25H33FN4O2/c1-18(2)15-19(3)29-11-13-30(14-12-29)25(27-17-20-7-9-22(26)10-8-20)28-23-6-4-5-21(16-23)24(31)32/h4-10,16,18-19H,11-15,17H2,1-3H3,(H,27,28)(H,31,32)/t19-/m1/s1. The van der Waals surface area contributed by atoms with Gasteiger partial charge in [-0.3, -0.25) is 4.90 Å². The number of rotatable bonds is 7. The molecule has 0 radical (unpaired) electrons. The SMILES string of the molecule is CC(C)C[C@@H](C)N1CCN(C(=NCc2ccc(F)cc2)Nc2cccc(C(=O)O)c2)CC1. The van der Waals surface area contributed by atoms with Crippen LogP contribution in [0.5, 0.6) is 0 Å². The van der Waals surface area contributed by atoms with Crippen molar-refractivity contribution in [2.24, 2.45) is 10.9 Å². The topological polar surface area (TPSA) is 68.2 Å². The number of piperazine rings is 1. The van der Waals surface area contributed by atoms with Gasteiger partial charge in [-0.1, -0.05) is 32.0 Å². The number of nitrogens with one attached hydrogen (secondary N) is 1. The zero-order chi connectivity index (χ0) is 23.1. The minimum atomic E-state index is -0.966. The molecule has 0 spiro atoms. The number of aromatic carboxylic acids is 1. The summed E-state index contributed by atoms with van der Waals surface area (Å²) in [5.41, 5.74) is 1.81. The molecule has 7 heteroatoms. The Hall–Kier alpha value is -2.93. The molecule has 2 aromatic rings. The van der Waals surface area contributed by atoms with Crippen LogP contribution in [0.4, 0.5) is 10.1 Å². The summed E-state index contributed by atoms with van der Waals surface area (Å²) in [6, 6.07) is 13.6. The van der Waals surface area contributed by atoms with E-state index >= 15 is 0 Å². The van der Waals surface area contributed by atoms with Crippen LogP contribution >= 0.6 is 0 Å². The summed E-state index contributed by atoms with van der Waals surface area (Å²) in [4.78, 5) is 20.8. The van der Waals surface area contributed by atoms with Gasteiger partial charge in [0, 0.05) is 37.9 Å². The van der Waals surface area contributed by atoms with Crippen molar-refractivity contribution in [3.63, 3.8) is 0 Å². The third-order valence-electron chi connectivity index (χ3n) is 5.74. The minimum absolute atomic E-state index is 0.222. The second-order valence-electron chi connectivity index (χ2n) is 8.78. The van der Waals surface area contributed by atoms with Crippen LogP contribution in [0.15, 0.2) is 53.5 Å². The van der Waals surface area contributed by atoms with Crippen LogP contribution in [-0.4, -0.2) is 59.1 Å². The van der Waals surface area contributed by atoms with Gasteiger partial charge in [0.1, 0.15) is 5.82 Å². The third-order valence-corrected chi connectivity index (χ3v) is 5.74. The molecule has 0 unspecified atom stereocenters. The van der Waals surface area contributed by atoms with Crippen molar-refractivity contribution in [3.05, 3.63) is 65.5 Å². The van der Waals surface area contributed by atoms with Gasteiger partial charge in [0.25, 0.3) is 0 Å². The van der Waals surface area contributed by atoms with E-state index in [-0.39, 0.29) is 11.4 Å². The van der Waals surface area contributed by atoms with Crippen LogP contribution in [0, 0.1) is 11.7 Å². The molecular formula is C25H33FN4O2. The Bertz CT molecular complexity index is 922. The highest BCUT2D eigenvalue weighted by Gasteiger charge is 2.23. The molecule has 0 saturated carbocycles. The van der Waals surface area contributed by atoms with Gasteiger partial charge < -0.3 is 15.3 Å². The van der Waals surface area contributed by atoms with Gasteiger partial charge in [0.05, 0.1) is 12.1 Å². The van der Waals surface area contributed by atoms with E-state index < -0.39 is 5.97 Å². The number of carboxylic acids is 1. The largest absolute Gasteiger partial charge is 0.478 e. The van der Waals surface area contributed by atoms with Crippen molar-refractivity contribution in [1.29, 1.82) is 0 Å². The molecule has 2 aromatic carbocycles. The molecule has 2 N–H and O–H groups in total. The Balaban J connectivity index is 1.75. The fourth-order valence-corrected chi connectivity index (χ4v) is 4.04. The van der Waals surface area contributed by atoms with Gasteiger partial charge in [0.2, 0.25) is 0 Å². The summed E-state index contributed by atoms with van der Waals surface area (Å²) in [6.45, 7) is 10.7. The van der Waals surface area contributed by atoms with Crippen molar-refractivity contribution in [2.75, 3.05) is 31.5 Å². The monoisotopic (exact) mass is 440 g/mol. The zero-order valence-corrected chi connectivity index (χ0v) is 19.1. The highest BCUT2D eigenvalue weighted by Crippen LogP contribution is 2.16. The number of carbonyl (C=O) groups is 1. The number of benzene rings is 2. The Morgan fingerprint density at radius 3 is 2.41 bits per heavy atom. The first kappa shape index (κ1) is 23.7. The lowest BCUT2D eigenvalue weighted by atomic mass is 10.0. The van der Waals surface area contributed by atoms with Crippen LogP contribution < -0.4 is 5.32 Å². The first-order valence-corrected chi connectivity index (χ1v) is 11.2. The minimum Gasteiger partial charge on any atom is -0.478 e. The fraction of sp³-hybridized carbons (Fsp3) is 0.440. The molecule has 1 fully saturated rings. The van der Waals surface area contributed by atoms with E-state index in [1.165, 1.54) is 18.6 Å². The summed E-state index contributed by atoms with van der Waals surface area (Å²) < 4.78 is 13.2. The van der Waals surface area contributed by atoms with Crippen LogP contribution in [0.25, 0.3) is 0 Å². The number of halogens is 1. The third kappa shape index (κ3) is 6.79. The van der Waals surface area contributed by atoms with Gasteiger partial charge in [-0.2, -0.15) is 0 Å². The van der Waals surface area contributed by atoms with Gasteiger partial charge >= 0.3 is 5.97 Å². The highest BCUT2D eigenvalue weighted by molar-refractivity contribution is 5.95. The van der Waals surface area contributed by atoms with E-state index in [9.17, 15) is 14.3 Å². The molecule has 1 atom stereocenters. The first-order chi connectivity index (χ1) is 15.3. The second-order valence-corrected chi connectivity index (χ2v) is 8.78. The summed E-state index contributed by atoms with van der Waals surface area (Å²) in [5, 5.41) is 12.6. The maximum atomic E-state index is 13.2. The summed E-state index contributed by atoms with van der Waals surface area (Å²) >= 11 is 0. The molecule has 1 saturated heterocycles. The molecule has 6 nitrogen and oxygen atoms in total. The van der Waals surface area contributed by atoms with E-state index in [1.807, 2.05) is 6.07 Å². The van der Waals surface area contributed by atoms with Gasteiger partial charge in [-0.25, -0.2) is 14.2 Å². The van der Waals surface area contributed by atoms with Crippen molar-refractivity contribution in [2.45, 2.75) is 39.8 Å². The van der Waals surface area contributed by atoms with Crippen LogP contribution in [0.1, 0.15) is 43.1 Å². The Morgan fingerprint density at radius 2 is 1.78 bits per heavy atom. The van der Waals surface area contributed by atoms with E-state index in [0.29, 0.717) is 30.2 Å². The zero-order valence-electron chi connectivity index (χ0n) is 19.1. The maximum absolute atomic E-state index is 13.2. The number of aliphatic imine (C=N–C) groups is 1. The Labute approximate surface area is 189 Å². The van der Waals surface area contributed by atoms with E-state index in [4.69, 9.17) is 4.99 Å². The number of hydrogen-bond acceptors (Lipinski definition) is 3. The van der Waals surface area contributed by atoms with Crippen LogP contribution in [0.3, 0.4) is 0 Å². The van der Waals surface area contributed by atoms with Gasteiger partial charge in [-0.15, -0.1) is 0 Å². The Morgan fingerprint density at radius 1 is 1.09 bits per heavy atom. The van der Waals surface area contributed by atoms with Crippen LogP contribution in [-0.2, 0) is 6.54 Å². The molecule has 172 valence electrons. The second kappa shape index (κ2) is 11.1. The highest BCUT2D eigenvalue weighted by atomic mass is 19.1. The number of nitrogens with zero attached hydrogens (tertiary/aromatic N) is 3. The fourth-order valence-electron chi connectivity index (χ4n) is 4.04. The summed E-state index contributed by atoms with van der Waals surface area (Å²) in [7, 11) is 0. The molecule has 0 aromatic heterocycles. The first-order valence-electron chi connectivity index (χ1n) is 11.2. The molecule has 0 aliphatic carbocycles. The van der Waals surface area contributed by atoms with Gasteiger partial charge in [-0.05, 0) is 55.2 Å². The lowest BCUT2D eigenvalue weighted by Gasteiger charge is -2.40. The van der Waals surface area contributed by atoms with Crippen molar-refractivity contribution in [1.82, 2.24) is 9.80 Å². The van der Waals surface area contributed by atoms with E-state index in [0.717, 1.165) is 31.7 Å². The average Bonchev–Trinajstić information content (AvgIpc) is 2.77. The number of guanidine groups is 1. The number of anilines is 1. The van der Waals surface area contributed by atoms with E-state index in [2.05, 4.69) is 35.9 Å². The smallest absolute Gasteiger partial charge is 0.335 e. The molecule has 0 amide bonds. The summed E-state index contributed by atoms with van der Waals surface area (Å²) in [6.07, 6.45) is 1.17. The molecule has 1 aliphatic rings. The maximum Gasteiger partial charge on any atom is 0.335 e. The normalized spacial score (nSPS) is 16.3. The molecule has 1 aliphatic heterocycles. The lowest BCUT2D eigenvalue weighted by molar-refractivity contribution is 0.0697. The van der Waals surface area contributed by atoms with Crippen LogP contribution in [0.2, 0.25) is 0 Å². The molecule has 0 bridgehead atoms. The lowest BCUT2D eigenvalue weighted by Crippen LogP contribution is -2.53. The molecule has 32 heavy (non-hydrogen) atoms. The average molecular weight is 441 g/mol. The van der Waals surface area contributed by atoms with E-state index in [1.54, 1.807) is 30.3 Å². The quantitative estimate of drug-likeness (QED) is 0.489. The predicted octanol–water partition coefficient (Wildman–Crippen LogP) is 4.54. The number of carboxylic acid groups (broad SMARTS) is 1.